The van der Waals surface area contributed by atoms with E-state index in [1.807, 2.05) is 0 Å². The minimum atomic E-state index is -0.689. The van der Waals surface area contributed by atoms with Gasteiger partial charge in [-0.25, -0.2) is 18.8 Å². The van der Waals surface area contributed by atoms with E-state index in [4.69, 9.17) is 0 Å². The molecule has 0 saturated heterocycles. The molecule has 0 radical (unpaired) electrons. The molecule has 0 bridgehead atoms. The number of nitrogens with one attached hydrogen (secondary N) is 2. The highest BCUT2D eigenvalue weighted by molar-refractivity contribution is 6.03. The molecule has 0 spiro atoms. The van der Waals surface area contributed by atoms with Crippen molar-refractivity contribution in [1.82, 2.24) is 5.32 Å². The van der Waals surface area contributed by atoms with E-state index in [0.29, 0.717) is 5.56 Å². The summed E-state index contributed by atoms with van der Waals surface area (Å²) >= 11 is 0. The largest absolute Gasteiger partial charge is 0.465 e. The Morgan fingerprint density at radius 2 is 1.69 bits per heavy atom. The molecule has 0 fully saturated rings. The average Bonchev–Trinajstić information content (AvgIpc) is 2.66. The number of carbonyl (C=O) groups excluding carboxylic acids is 3. The lowest BCUT2D eigenvalue weighted by molar-refractivity contribution is 0.0587. The summed E-state index contributed by atoms with van der Waals surface area (Å²) in [6.45, 7) is -0.0528. The molecule has 0 aliphatic rings. The van der Waals surface area contributed by atoms with Gasteiger partial charge in [-0.1, -0.05) is 18.2 Å². The second-order valence-corrected chi connectivity index (χ2v) is 5.14. The van der Waals surface area contributed by atoms with Crippen LogP contribution in [0.4, 0.5) is 14.9 Å². The first kappa shape index (κ1) is 18.9. The van der Waals surface area contributed by atoms with Crippen LogP contribution in [-0.4, -0.2) is 32.2 Å². The molecule has 0 atom stereocenters. The molecule has 2 rings (SSSR count). The summed E-state index contributed by atoms with van der Waals surface area (Å²) in [7, 11) is 2.41. The van der Waals surface area contributed by atoms with E-state index in [1.165, 1.54) is 44.6 Å². The summed E-state index contributed by atoms with van der Waals surface area (Å²) in [5, 5.41) is 4.93. The van der Waals surface area contributed by atoms with Gasteiger partial charge >= 0.3 is 18.0 Å². The highest BCUT2D eigenvalue weighted by Crippen LogP contribution is 2.20. The first-order chi connectivity index (χ1) is 12.5. The first-order valence-electron chi connectivity index (χ1n) is 7.55. The molecular formula is C18H17FN2O5. The van der Waals surface area contributed by atoms with Crippen molar-refractivity contribution in [3.05, 3.63) is 65.0 Å². The van der Waals surface area contributed by atoms with Gasteiger partial charge in [0.05, 0.1) is 31.0 Å². The lowest BCUT2D eigenvalue weighted by Gasteiger charge is -2.12. The molecule has 2 amide bonds. The SMILES string of the molecule is COC(=O)c1ccc(C(=O)OC)c(NC(=O)NCc2ccccc2F)c1. The Balaban J connectivity index is 2.17. The lowest BCUT2D eigenvalue weighted by Crippen LogP contribution is -2.29. The third-order valence-corrected chi connectivity index (χ3v) is 3.49. The van der Waals surface area contributed by atoms with Crippen LogP contribution < -0.4 is 10.6 Å². The van der Waals surface area contributed by atoms with Crippen molar-refractivity contribution in [2.45, 2.75) is 6.54 Å². The number of hydrogen-bond donors (Lipinski definition) is 2. The monoisotopic (exact) mass is 360 g/mol. The maximum Gasteiger partial charge on any atom is 0.339 e. The number of urea groups is 1. The van der Waals surface area contributed by atoms with Crippen LogP contribution in [0.15, 0.2) is 42.5 Å². The van der Waals surface area contributed by atoms with Crippen molar-refractivity contribution in [1.29, 1.82) is 0 Å². The summed E-state index contributed by atoms with van der Waals surface area (Å²) in [6.07, 6.45) is 0. The Kier molecular flexibility index (Phi) is 6.26. The minimum Gasteiger partial charge on any atom is -0.465 e. The van der Waals surface area contributed by atoms with Gasteiger partial charge in [-0.2, -0.15) is 0 Å². The standard InChI is InChI=1S/C18H17FN2O5/c1-25-16(22)11-7-8-13(17(23)26-2)15(9-11)21-18(24)20-10-12-5-3-4-6-14(12)19/h3-9H,10H2,1-2H3,(H2,20,21,24). The molecular weight excluding hydrogens is 343 g/mol. The van der Waals surface area contributed by atoms with E-state index in [1.54, 1.807) is 12.1 Å². The van der Waals surface area contributed by atoms with Gasteiger partial charge in [0.1, 0.15) is 5.82 Å². The van der Waals surface area contributed by atoms with Crippen LogP contribution in [0, 0.1) is 5.82 Å². The summed E-state index contributed by atoms with van der Waals surface area (Å²) in [5.74, 6) is -1.77. The Bertz CT molecular complexity index is 838. The van der Waals surface area contributed by atoms with E-state index in [2.05, 4.69) is 20.1 Å². The van der Waals surface area contributed by atoms with Crippen molar-refractivity contribution in [3.8, 4) is 0 Å². The molecule has 7 nitrogen and oxygen atoms in total. The van der Waals surface area contributed by atoms with Crippen LogP contribution in [0.2, 0.25) is 0 Å². The van der Waals surface area contributed by atoms with Crippen molar-refractivity contribution in [2.24, 2.45) is 0 Å². The fourth-order valence-electron chi connectivity index (χ4n) is 2.16. The third kappa shape index (κ3) is 4.56. The Labute approximate surface area is 149 Å². The summed E-state index contributed by atoms with van der Waals surface area (Å²) in [4.78, 5) is 35.6. The number of methoxy groups -OCH3 is 2. The first-order valence-corrected chi connectivity index (χ1v) is 7.55. The molecule has 0 aromatic heterocycles. The zero-order chi connectivity index (χ0) is 19.1. The van der Waals surface area contributed by atoms with Crippen LogP contribution in [0.25, 0.3) is 0 Å². The number of hydrogen-bond acceptors (Lipinski definition) is 5. The molecule has 2 N–H and O–H groups in total. The Morgan fingerprint density at radius 3 is 2.35 bits per heavy atom. The van der Waals surface area contributed by atoms with Gasteiger partial charge in [-0.05, 0) is 24.3 Å². The second-order valence-electron chi connectivity index (χ2n) is 5.14. The molecule has 26 heavy (non-hydrogen) atoms. The van der Waals surface area contributed by atoms with Crippen molar-refractivity contribution < 1.29 is 28.2 Å². The van der Waals surface area contributed by atoms with Gasteiger partial charge in [0.15, 0.2) is 0 Å². The number of halogens is 1. The minimum absolute atomic E-state index is 0.0528. The number of esters is 2. The van der Waals surface area contributed by atoms with E-state index in [-0.39, 0.29) is 23.4 Å². The molecule has 0 saturated carbocycles. The summed E-state index contributed by atoms with van der Waals surface area (Å²) in [6, 6.07) is 9.33. The topological polar surface area (TPSA) is 93.7 Å². The van der Waals surface area contributed by atoms with Gasteiger partial charge in [0, 0.05) is 12.1 Å². The molecule has 2 aromatic rings. The number of ether oxygens (including phenoxy) is 2. The quantitative estimate of drug-likeness (QED) is 0.800. The van der Waals surface area contributed by atoms with Crippen molar-refractivity contribution >= 4 is 23.7 Å². The van der Waals surface area contributed by atoms with Crippen LogP contribution >= 0.6 is 0 Å². The Hall–Kier alpha value is -3.42. The predicted octanol–water partition coefficient (Wildman–Crippen LogP) is 2.72. The lowest BCUT2D eigenvalue weighted by atomic mass is 10.1. The van der Waals surface area contributed by atoms with Crippen LogP contribution in [0.5, 0.6) is 0 Å². The maximum atomic E-state index is 13.6. The van der Waals surface area contributed by atoms with Crippen molar-refractivity contribution in [3.63, 3.8) is 0 Å². The highest BCUT2D eigenvalue weighted by Gasteiger charge is 2.17. The number of rotatable bonds is 5. The predicted molar refractivity (Wildman–Crippen MR) is 91.4 cm³/mol. The normalized spacial score (nSPS) is 9.96. The molecule has 136 valence electrons. The Morgan fingerprint density at radius 1 is 1.00 bits per heavy atom. The van der Waals surface area contributed by atoms with Crippen LogP contribution in [-0.2, 0) is 16.0 Å². The molecule has 8 heteroatoms. The van der Waals surface area contributed by atoms with Crippen LogP contribution in [0.1, 0.15) is 26.3 Å². The second kappa shape index (κ2) is 8.61. The van der Waals surface area contributed by atoms with Gasteiger partial charge in [-0.3, -0.25) is 0 Å². The smallest absolute Gasteiger partial charge is 0.339 e. The van der Waals surface area contributed by atoms with Gasteiger partial charge in [0.25, 0.3) is 0 Å². The molecule has 0 heterocycles. The highest BCUT2D eigenvalue weighted by atomic mass is 19.1. The van der Waals surface area contributed by atoms with E-state index < -0.39 is 23.8 Å². The van der Waals surface area contributed by atoms with Gasteiger partial charge < -0.3 is 20.1 Å². The molecule has 2 aromatic carbocycles. The number of anilines is 1. The molecule has 0 aliphatic heterocycles. The van der Waals surface area contributed by atoms with Crippen molar-refractivity contribution in [2.75, 3.05) is 19.5 Å². The van der Waals surface area contributed by atoms with Crippen LogP contribution in [0.3, 0.4) is 0 Å². The molecule has 0 aliphatic carbocycles. The van der Waals surface area contributed by atoms with E-state index in [9.17, 15) is 18.8 Å². The summed E-state index contributed by atoms with van der Waals surface area (Å²) in [5.41, 5.74) is 0.565. The molecule has 0 unspecified atom stereocenters. The van der Waals surface area contributed by atoms with Gasteiger partial charge in [-0.15, -0.1) is 0 Å². The van der Waals surface area contributed by atoms with E-state index >= 15 is 0 Å². The van der Waals surface area contributed by atoms with Gasteiger partial charge in [0.2, 0.25) is 0 Å². The summed E-state index contributed by atoms with van der Waals surface area (Å²) < 4.78 is 22.8. The average molecular weight is 360 g/mol. The third-order valence-electron chi connectivity index (χ3n) is 3.49. The maximum absolute atomic E-state index is 13.6. The fourth-order valence-corrected chi connectivity index (χ4v) is 2.16. The number of benzene rings is 2. The number of carbonyl (C=O) groups is 3. The fraction of sp³-hybridized carbons (Fsp3) is 0.167. The number of amides is 2. The zero-order valence-corrected chi connectivity index (χ0v) is 14.2. The zero-order valence-electron chi connectivity index (χ0n) is 14.2. The van der Waals surface area contributed by atoms with E-state index in [0.717, 1.165) is 0 Å².